The number of nitrogens with two attached hydrogens (primary N) is 2. The van der Waals surface area contributed by atoms with E-state index in [1.165, 1.54) is 11.1 Å². The second-order valence-corrected chi connectivity index (χ2v) is 5.29. The molecule has 0 saturated heterocycles. The molecule has 0 heterocycles. The average molecular weight is 290 g/mol. The van der Waals surface area contributed by atoms with Gasteiger partial charge in [0.05, 0.1) is 5.69 Å². The minimum atomic E-state index is 0.530. The van der Waals surface area contributed by atoms with Crippen LogP contribution < -0.4 is 16.2 Å². The standard InChI is InChI=1S/C19H18N2O/c1-13-2-4-14(5-3-13)15-6-9-17(10-7-15)22-19-11-8-16(20)12-18(19)21/h2-12H,20-21H2,1H3. The fourth-order valence-corrected chi connectivity index (χ4v) is 2.25. The van der Waals surface area contributed by atoms with Crippen molar-refractivity contribution in [1.29, 1.82) is 0 Å². The van der Waals surface area contributed by atoms with E-state index < -0.39 is 0 Å². The first kappa shape index (κ1) is 14.0. The second kappa shape index (κ2) is 5.82. The molecule has 0 bridgehead atoms. The molecule has 3 rings (SSSR count). The predicted molar refractivity (Wildman–Crippen MR) is 92.0 cm³/mol. The molecule has 4 N–H and O–H groups in total. The van der Waals surface area contributed by atoms with Crippen LogP contribution in [0.25, 0.3) is 11.1 Å². The molecular formula is C19H18N2O. The van der Waals surface area contributed by atoms with Gasteiger partial charge in [0, 0.05) is 5.69 Å². The van der Waals surface area contributed by atoms with E-state index in [4.69, 9.17) is 16.2 Å². The summed E-state index contributed by atoms with van der Waals surface area (Å²) in [6, 6.07) is 21.6. The average Bonchev–Trinajstić information content (AvgIpc) is 2.52. The molecule has 22 heavy (non-hydrogen) atoms. The van der Waals surface area contributed by atoms with E-state index in [-0.39, 0.29) is 0 Å². The number of ether oxygens (including phenoxy) is 1. The molecule has 3 nitrogen and oxygen atoms in total. The van der Waals surface area contributed by atoms with Crippen molar-refractivity contribution >= 4 is 11.4 Å². The number of hydrogen-bond acceptors (Lipinski definition) is 3. The minimum absolute atomic E-state index is 0.530. The molecule has 0 aromatic heterocycles. The van der Waals surface area contributed by atoms with E-state index in [1.54, 1.807) is 18.2 Å². The van der Waals surface area contributed by atoms with Crippen LogP contribution in [0.2, 0.25) is 0 Å². The van der Waals surface area contributed by atoms with Crippen molar-refractivity contribution in [1.82, 2.24) is 0 Å². The number of rotatable bonds is 3. The van der Waals surface area contributed by atoms with Crippen LogP contribution in [0.15, 0.2) is 66.7 Å². The van der Waals surface area contributed by atoms with Gasteiger partial charge in [-0.1, -0.05) is 42.0 Å². The van der Waals surface area contributed by atoms with Gasteiger partial charge in [-0.25, -0.2) is 0 Å². The maximum Gasteiger partial charge on any atom is 0.150 e. The number of nitrogen functional groups attached to an aromatic ring is 2. The zero-order chi connectivity index (χ0) is 15.5. The molecule has 0 aliphatic carbocycles. The van der Waals surface area contributed by atoms with Gasteiger partial charge < -0.3 is 16.2 Å². The highest BCUT2D eigenvalue weighted by Gasteiger charge is 2.03. The summed E-state index contributed by atoms with van der Waals surface area (Å²) in [5.41, 5.74) is 16.3. The first-order valence-corrected chi connectivity index (χ1v) is 7.12. The summed E-state index contributed by atoms with van der Waals surface area (Å²) in [6.07, 6.45) is 0. The summed E-state index contributed by atoms with van der Waals surface area (Å²) in [7, 11) is 0. The number of anilines is 2. The van der Waals surface area contributed by atoms with Gasteiger partial charge in [-0.3, -0.25) is 0 Å². The molecule has 0 aliphatic rings. The van der Waals surface area contributed by atoms with Crippen LogP contribution in [0.5, 0.6) is 11.5 Å². The van der Waals surface area contributed by atoms with Crippen LogP contribution in [0.1, 0.15) is 5.56 Å². The summed E-state index contributed by atoms with van der Waals surface area (Å²) in [5.74, 6) is 1.35. The molecule has 0 saturated carbocycles. The normalized spacial score (nSPS) is 10.4. The largest absolute Gasteiger partial charge is 0.455 e. The van der Waals surface area contributed by atoms with Gasteiger partial charge in [0.1, 0.15) is 11.5 Å². The lowest BCUT2D eigenvalue weighted by molar-refractivity contribution is 0.485. The van der Waals surface area contributed by atoms with E-state index in [1.807, 2.05) is 24.3 Å². The Kier molecular flexibility index (Phi) is 3.71. The van der Waals surface area contributed by atoms with Gasteiger partial charge in [0.25, 0.3) is 0 Å². The second-order valence-electron chi connectivity index (χ2n) is 5.29. The molecular weight excluding hydrogens is 272 g/mol. The smallest absolute Gasteiger partial charge is 0.150 e. The van der Waals surface area contributed by atoms with Gasteiger partial charge in [0.2, 0.25) is 0 Å². The SMILES string of the molecule is Cc1ccc(-c2ccc(Oc3ccc(N)cc3N)cc2)cc1. The topological polar surface area (TPSA) is 61.3 Å². The summed E-state index contributed by atoms with van der Waals surface area (Å²) < 4.78 is 5.79. The molecule has 3 aromatic rings. The van der Waals surface area contributed by atoms with Crippen molar-refractivity contribution in [2.75, 3.05) is 11.5 Å². The zero-order valence-electron chi connectivity index (χ0n) is 12.4. The number of hydrogen-bond donors (Lipinski definition) is 2. The van der Waals surface area contributed by atoms with Gasteiger partial charge in [0.15, 0.2) is 0 Å². The fraction of sp³-hybridized carbons (Fsp3) is 0.0526. The summed E-state index contributed by atoms with van der Waals surface area (Å²) in [6.45, 7) is 2.08. The van der Waals surface area contributed by atoms with Crippen molar-refractivity contribution in [2.24, 2.45) is 0 Å². The van der Waals surface area contributed by atoms with Gasteiger partial charge in [-0.15, -0.1) is 0 Å². The van der Waals surface area contributed by atoms with Crippen molar-refractivity contribution in [3.63, 3.8) is 0 Å². The number of benzene rings is 3. The van der Waals surface area contributed by atoms with Crippen LogP contribution in [-0.4, -0.2) is 0 Å². The Morgan fingerprint density at radius 1 is 0.727 bits per heavy atom. The van der Waals surface area contributed by atoms with E-state index in [2.05, 4.69) is 31.2 Å². The van der Waals surface area contributed by atoms with Crippen molar-refractivity contribution in [3.05, 3.63) is 72.3 Å². The first-order valence-electron chi connectivity index (χ1n) is 7.12. The summed E-state index contributed by atoms with van der Waals surface area (Å²) >= 11 is 0. The van der Waals surface area contributed by atoms with E-state index in [9.17, 15) is 0 Å². The third kappa shape index (κ3) is 3.04. The minimum Gasteiger partial charge on any atom is -0.455 e. The van der Waals surface area contributed by atoms with E-state index in [0.29, 0.717) is 17.1 Å². The molecule has 0 fully saturated rings. The molecule has 110 valence electrons. The van der Waals surface area contributed by atoms with Crippen molar-refractivity contribution in [2.45, 2.75) is 6.92 Å². The van der Waals surface area contributed by atoms with E-state index >= 15 is 0 Å². The maximum absolute atomic E-state index is 5.90. The lowest BCUT2D eigenvalue weighted by atomic mass is 10.0. The van der Waals surface area contributed by atoms with Crippen LogP contribution in [0.3, 0.4) is 0 Å². The molecule has 0 amide bonds. The highest BCUT2D eigenvalue weighted by atomic mass is 16.5. The Bertz CT molecular complexity index is 778. The highest BCUT2D eigenvalue weighted by Crippen LogP contribution is 2.30. The highest BCUT2D eigenvalue weighted by molar-refractivity contribution is 5.65. The summed E-state index contributed by atoms with van der Waals surface area (Å²) in [5, 5.41) is 0. The van der Waals surface area contributed by atoms with Crippen molar-refractivity contribution in [3.8, 4) is 22.6 Å². The summed E-state index contributed by atoms with van der Waals surface area (Å²) in [4.78, 5) is 0. The molecule has 0 radical (unpaired) electrons. The van der Waals surface area contributed by atoms with E-state index in [0.717, 1.165) is 11.3 Å². The maximum atomic E-state index is 5.90. The van der Waals surface area contributed by atoms with Crippen LogP contribution in [0, 0.1) is 6.92 Å². The van der Waals surface area contributed by atoms with Gasteiger partial charge in [-0.2, -0.15) is 0 Å². The molecule has 0 aliphatic heterocycles. The molecule has 0 atom stereocenters. The van der Waals surface area contributed by atoms with Crippen LogP contribution >= 0.6 is 0 Å². The monoisotopic (exact) mass is 290 g/mol. The Balaban J connectivity index is 1.80. The molecule has 0 unspecified atom stereocenters. The third-order valence-corrected chi connectivity index (χ3v) is 3.50. The van der Waals surface area contributed by atoms with Gasteiger partial charge >= 0.3 is 0 Å². The molecule has 3 heteroatoms. The Labute approximate surface area is 130 Å². The Morgan fingerprint density at radius 3 is 1.91 bits per heavy atom. The predicted octanol–water partition coefficient (Wildman–Crippen LogP) is 4.62. The zero-order valence-corrected chi connectivity index (χ0v) is 12.4. The Morgan fingerprint density at radius 2 is 1.32 bits per heavy atom. The fourth-order valence-electron chi connectivity index (χ4n) is 2.25. The molecule has 3 aromatic carbocycles. The van der Waals surface area contributed by atoms with Crippen LogP contribution in [0.4, 0.5) is 11.4 Å². The quantitative estimate of drug-likeness (QED) is 0.692. The lowest BCUT2D eigenvalue weighted by Crippen LogP contribution is -1.94. The lowest BCUT2D eigenvalue weighted by Gasteiger charge is -2.10. The van der Waals surface area contributed by atoms with Crippen LogP contribution in [-0.2, 0) is 0 Å². The third-order valence-electron chi connectivity index (χ3n) is 3.50. The number of aryl methyl sites for hydroxylation is 1. The van der Waals surface area contributed by atoms with Gasteiger partial charge in [-0.05, 0) is 48.4 Å². The van der Waals surface area contributed by atoms with Crippen molar-refractivity contribution < 1.29 is 4.74 Å². The molecule has 0 spiro atoms. The first-order chi connectivity index (χ1) is 10.6. The Hall–Kier alpha value is -2.94.